The van der Waals surface area contributed by atoms with Crippen LogP contribution in [0.1, 0.15) is 23.8 Å². The Kier molecular flexibility index (Phi) is 4.75. The molecule has 2 aromatic heterocycles. The van der Waals surface area contributed by atoms with Gasteiger partial charge in [-0.15, -0.1) is 11.3 Å². The summed E-state index contributed by atoms with van der Waals surface area (Å²) >= 11 is 1.32. The zero-order chi connectivity index (χ0) is 17.1. The van der Waals surface area contributed by atoms with Gasteiger partial charge in [-0.2, -0.15) is 0 Å². The number of hydrogen-bond donors (Lipinski definition) is 2. The number of rotatable bonds is 4. The number of hydrogen-bond acceptors (Lipinski definition) is 6. The van der Waals surface area contributed by atoms with E-state index >= 15 is 0 Å². The number of carbonyl (C=O) groups excluding carboxylic acids is 1. The summed E-state index contributed by atoms with van der Waals surface area (Å²) in [5, 5.41) is 14.5. The highest BCUT2D eigenvalue weighted by Gasteiger charge is 2.33. The van der Waals surface area contributed by atoms with Crippen LogP contribution in [0, 0.1) is 11.8 Å². The van der Waals surface area contributed by atoms with Gasteiger partial charge in [-0.3, -0.25) is 9.59 Å². The summed E-state index contributed by atoms with van der Waals surface area (Å²) in [5.74, 6) is -0.771. The van der Waals surface area contributed by atoms with E-state index in [0.717, 1.165) is 0 Å². The Morgan fingerprint density at radius 2 is 2.21 bits per heavy atom. The average Bonchev–Trinajstić information content (AvgIpc) is 3.03. The van der Waals surface area contributed by atoms with E-state index in [1.807, 2.05) is 25.1 Å². The van der Waals surface area contributed by atoms with Gasteiger partial charge >= 0.3 is 5.97 Å². The molecule has 0 aromatic carbocycles. The molecule has 1 aliphatic heterocycles. The van der Waals surface area contributed by atoms with E-state index in [1.165, 1.54) is 11.3 Å². The van der Waals surface area contributed by atoms with Gasteiger partial charge in [0.2, 0.25) is 0 Å². The largest absolute Gasteiger partial charge is 0.481 e. The van der Waals surface area contributed by atoms with Crippen LogP contribution in [0.3, 0.4) is 0 Å². The molecule has 1 saturated heterocycles. The molecule has 1 aliphatic rings. The van der Waals surface area contributed by atoms with Crippen molar-refractivity contribution in [2.45, 2.75) is 13.3 Å². The number of carbonyl (C=O) groups is 2. The van der Waals surface area contributed by atoms with Crippen molar-refractivity contribution < 1.29 is 14.7 Å². The maximum Gasteiger partial charge on any atom is 0.308 e. The molecule has 2 aromatic rings. The predicted molar refractivity (Wildman–Crippen MR) is 90.4 cm³/mol. The third-order valence-electron chi connectivity index (χ3n) is 3.92. The second kappa shape index (κ2) is 6.96. The minimum absolute atomic E-state index is 0.161. The van der Waals surface area contributed by atoms with Crippen LogP contribution < -0.4 is 5.32 Å². The Balaban J connectivity index is 1.70. The van der Waals surface area contributed by atoms with Crippen LogP contribution in [0.15, 0.2) is 29.8 Å². The Hall–Kier alpha value is -2.48. The van der Waals surface area contributed by atoms with Gasteiger partial charge in [0.25, 0.3) is 5.91 Å². The first-order valence-electron chi connectivity index (χ1n) is 7.68. The van der Waals surface area contributed by atoms with Crippen molar-refractivity contribution in [3.05, 3.63) is 35.5 Å². The molecular weight excluding hydrogens is 328 g/mol. The van der Waals surface area contributed by atoms with Crippen molar-refractivity contribution in [3.63, 3.8) is 0 Å². The first-order chi connectivity index (χ1) is 11.5. The van der Waals surface area contributed by atoms with Crippen LogP contribution in [0.2, 0.25) is 0 Å². The Morgan fingerprint density at radius 1 is 1.38 bits per heavy atom. The summed E-state index contributed by atoms with van der Waals surface area (Å²) in [6, 6.07) is 5.49. The fourth-order valence-corrected chi connectivity index (χ4v) is 3.53. The molecule has 126 valence electrons. The number of amides is 1. The third-order valence-corrected chi connectivity index (χ3v) is 4.68. The molecule has 3 heterocycles. The maximum atomic E-state index is 12.6. The summed E-state index contributed by atoms with van der Waals surface area (Å²) in [5.41, 5.74) is 0.330. The molecule has 0 aliphatic carbocycles. The van der Waals surface area contributed by atoms with Gasteiger partial charge in [-0.1, -0.05) is 13.0 Å². The van der Waals surface area contributed by atoms with Gasteiger partial charge in [-0.05, 0) is 24.5 Å². The Bertz CT molecular complexity index is 734. The maximum absolute atomic E-state index is 12.6. The van der Waals surface area contributed by atoms with Crippen molar-refractivity contribution >= 4 is 34.2 Å². The standard InChI is InChI=1S/C16H18N4O3S/c1-10-6-11(15(22)23)8-20(7-10)14(21)12-9-24-16(18-12)19-13-4-2-3-5-17-13/h2-5,9-11H,6-8H2,1H3,(H,22,23)(H,17,18,19). The molecule has 0 radical (unpaired) electrons. The molecule has 2 N–H and O–H groups in total. The van der Waals surface area contributed by atoms with E-state index in [0.29, 0.717) is 29.6 Å². The molecule has 8 heteroatoms. The third kappa shape index (κ3) is 3.70. The lowest BCUT2D eigenvalue weighted by Gasteiger charge is -2.34. The number of aromatic nitrogens is 2. The minimum atomic E-state index is -0.852. The molecule has 2 atom stereocenters. The van der Waals surface area contributed by atoms with E-state index < -0.39 is 11.9 Å². The molecule has 24 heavy (non-hydrogen) atoms. The van der Waals surface area contributed by atoms with Crippen LogP contribution in [-0.2, 0) is 4.79 Å². The van der Waals surface area contributed by atoms with Gasteiger partial charge in [0.15, 0.2) is 5.13 Å². The highest BCUT2D eigenvalue weighted by Crippen LogP contribution is 2.25. The zero-order valence-electron chi connectivity index (χ0n) is 13.2. The van der Waals surface area contributed by atoms with Crippen LogP contribution in [0.5, 0.6) is 0 Å². The van der Waals surface area contributed by atoms with Crippen molar-refractivity contribution in [3.8, 4) is 0 Å². The molecule has 2 unspecified atom stereocenters. The first-order valence-corrected chi connectivity index (χ1v) is 8.56. The highest BCUT2D eigenvalue weighted by molar-refractivity contribution is 7.14. The van der Waals surface area contributed by atoms with Crippen molar-refractivity contribution in [1.82, 2.24) is 14.9 Å². The summed E-state index contributed by atoms with van der Waals surface area (Å²) in [6.07, 6.45) is 2.27. The van der Waals surface area contributed by atoms with E-state index in [2.05, 4.69) is 15.3 Å². The lowest BCUT2D eigenvalue weighted by Crippen LogP contribution is -2.45. The number of thiazole rings is 1. The normalized spacial score (nSPS) is 20.6. The summed E-state index contributed by atoms with van der Waals surface area (Å²) < 4.78 is 0. The molecule has 1 amide bonds. The number of nitrogens with zero attached hydrogens (tertiary/aromatic N) is 3. The van der Waals surface area contributed by atoms with E-state index in [9.17, 15) is 14.7 Å². The van der Waals surface area contributed by atoms with Crippen LogP contribution in [0.25, 0.3) is 0 Å². The molecule has 1 fully saturated rings. The number of likely N-dealkylation sites (tertiary alicyclic amines) is 1. The number of pyridine rings is 1. The van der Waals surface area contributed by atoms with Crippen LogP contribution in [-0.4, -0.2) is 44.9 Å². The smallest absolute Gasteiger partial charge is 0.308 e. The molecule has 0 spiro atoms. The predicted octanol–water partition coefficient (Wildman–Crippen LogP) is 2.46. The first kappa shape index (κ1) is 16.4. The second-order valence-electron chi connectivity index (χ2n) is 5.96. The monoisotopic (exact) mass is 346 g/mol. The highest BCUT2D eigenvalue weighted by atomic mass is 32.1. The fourth-order valence-electron chi connectivity index (χ4n) is 2.83. The lowest BCUT2D eigenvalue weighted by atomic mass is 9.90. The number of piperidine rings is 1. The van der Waals surface area contributed by atoms with Gasteiger partial charge in [0.05, 0.1) is 5.92 Å². The van der Waals surface area contributed by atoms with Crippen molar-refractivity contribution in [2.75, 3.05) is 18.4 Å². The minimum Gasteiger partial charge on any atom is -0.481 e. The Labute approximate surface area is 143 Å². The number of carboxylic acid groups (broad SMARTS) is 1. The van der Waals surface area contributed by atoms with Crippen LogP contribution >= 0.6 is 11.3 Å². The molecule has 0 bridgehead atoms. The SMILES string of the molecule is CC1CC(C(=O)O)CN(C(=O)c2csc(Nc3ccccn3)n2)C1. The number of aliphatic carboxylic acids is 1. The van der Waals surface area contributed by atoms with Gasteiger partial charge in [-0.25, -0.2) is 9.97 Å². The lowest BCUT2D eigenvalue weighted by molar-refractivity contribution is -0.143. The van der Waals surface area contributed by atoms with Gasteiger partial charge in [0.1, 0.15) is 11.5 Å². The average molecular weight is 346 g/mol. The number of carboxylic acids is 1. The van der Waals surface area contributed by atoms with E-state index in [4.69, 9.17) is 0 Å². The number of anilines is 2. The van der Waals surface area contributed by atoms with Crippen LogP contribution in [0.4, 0.5) is 10.9 Å². The molecule has 3 rings (SSSR count). The molecule has 7 nitrogen and oxygen atoms in total. The van der Waals surface area contributed by atoms with Gasteiger partial charge in [0, 0.05) is 24.7 Å². The summed E-state index contributed by atoms with van der Waals surface area (Å²) in [4.78, 5) is 33.9. The van der Waals surface area contributed by atoms with E-state index in [1.54, 1.807) is 16.5 Å². The Morgan fingerprint density at radius 3 is 2.92 bits per heavy atom. The van der Waals surface area contributed by atoms with Gasteiger partial charge < -0.3 is 15.3 Å². The van der Waals surface area contributed by atoms with Crippen molar-refractivity contribution in [1.29, 1.82) is 0 Å². The number of nitrogens with one attached hydrogen (secondary N) is 1. The molecule has 0 saturated carbocycles. The van der Waals surface area contributed by atoms with E-state index in [-0.39, 0.29) is 18.4 Å². The zero-order valence-corrected chi connectivity index (χ0v) is 14.0. The quantitative estimate of drug-likeness (QED) is 0.883. The fraction of sp³-hybridized carbons (Fsp3) is 0.375. The van der Waals surface area contributed by atoms with Crippen molar-refractivity contribution in [2.24, 2.45) is 11.8 Å². The molecular formula is C16H18N4O3S. The summed E-state index contributed by atoms with van der Waals surface area (Å²) in [7, 11) is 0. The summed E-state index contributed by atoms with van der Waals surface area (Å²) in [6.45, 7) is 2.76. The second-order valence-corrected chi connectivity index (χ2v) is 6.82. The topological polar surface area (TPSA) is 95.4 Å².